The highest BCUT2D eigenvalue weighted by molar-refractivity contribution is 6.43. The molecule has 0 radical (unpaired) electrons. The van der Waals surface area contributed by atoms with Gasteiger partial charge < -0.3 is 5.32 Å². The Morgan fingerprint density at radius 2 is 1.70 bits per heavy atom. The Hall–Kier alpha value is -2.03. The lowest BCUT2D eigenvalue weighted by molar-refractivity contribution is -0.122. The third kappa shape index (κ3) is 3.34. The molecule has 0 aromatic heterocycles. The van der Waals surface area contributed by atoms with E-state index in [9.17, 15) is 14.4 Å². The Balaban J connectivity index is 2.17. The van der Waals surface area contributed by atoms with Crippen molar-refractivity contribution >= 4 is 40.9 Å². The standard InChI is InChI=1S/C16H14Cl2N2O3/c1-4-13(8(2)3)19-14(21)7-20-15(22)9-5-11(17)12(18)6-10(9)16(20)23/h1,5-6,8,13H,7H2,2-3H3,(H,19,21). The summed E-state index contributed by atoms with van der Waals surface area (Å²) in [6.07, 6.45) is 5.35. The maximum Gasteiger partial charge on any atom is 0.262 e. The third-order valence-electron chi connectivity index (χ3n) is 3.48. The summed E-state index contributed by atoms with van der Waals surface area (Å²) in [5.74, 6) is 0.816. The zero-order valence-electron chi connectivity index (χ0n) is 12.5. The summed E-state index contributed by atoms with van der Waals surface area (Å²) < 4.78 is 0. The molecule has 1 heterocycles. The monoisotopic (exact) mass is 352 g/mol. The summed E-state index contributed by atoms with van der Waals surface area (Å²) in [5, 5.41) is 2.95. The van der Waals surface area contributed by atoms with Crippen LogP contribution in [0, 0.1) is 18.3 Å². The molecular formula is C16H14Cl2N2O3. The second-order valence-corrected chi connectivity index (χ2v) is 6.28. The van der Waals surface area contributed by atoms with E-state index >= 15 is 0 Å². The molecule has 3 amide bonds. The molecule has 120 valence electrons. The molecule has 0 saturated heterocycles. The highest BCUT2D eigenvalue weighted by Crippen LogP contribution is 2.31. The minimum absolute atomic E-state index is 0.0312. The number of terminal acetylenes is 1. The predicted octanol–water partition coefficient (Wildman–Crippen LogP) is 2.36. The van der Waals surface area contributed by atoms with Gasteiger partial charge in [-0.2, -0.15) is 0 Å². The Morgan fingerprint density at radius 3 is 2.09 bits per heavy atom. The molecule has 1 aliphatic rings. The number of amides is 3. The van der Waals surface area contributed by atoms with Crippen LogP contribution in [0.25, 0.3) is 0 Å². The summed E-state index contributed by atoms with van der Waals surface area (Å²) in [6, 6.07) is 2.19. The molecule has 0 saturated carbocycles. The van der Waals surface area contributed by atoms with Crippen molar-refractivity contribution in [1.82, 2.24) is 10.2 Å². The lowest BCUT2D eigenvalue weighted by Gasteiger charge is -2.19. The molecule has 0 fully saturated rings. The van der Waals surface area contributed by atoms with Crippen molar-refractivity contribution in [3.8, 4) is 12.3 Å². The molecule has 0 bridgehead atoms. The van der Waals surface area contributed by atoms with Gasteiger partial charge in [-0.3, -0.25) is 19.3 Å². The number of benzene rings is 1. The van der Waals surface area contributed by atoms with Gasteiger partial charge in [-0.1, -0.05) is 43.0 Å². The van der Waals surface area contributed by atoms with Gasteiger partial charge in [0, 0.05) is 0 Å². The number of imide groups is 1. The summed E-state index contributed by atoms with van der Waals surface area (Å²) in [6.45, 7) is 3.31. The lowest BCUT2D eigenvalue weighted by atomic mass is 10.1. The average Bonchev–Trinajstić information content (AvgIpc) is 2.70. The van der Waals surface area contributed by atoms with E-state index in [1.165, 1.54) is 12.1 Å². The van der Waals surface area contributed by atoms with E-state index in [1.807, 2.05) is 13.8 Å². The fraction of sp³-hybridized carbons (Fsp3) is 0.312. The third-order valence-corrected chi connectivity index (χ3v) is 4.20. The fourth-order valence-corrected chi connectivity index (χ4v) is 2.52. The van der Waals surface area contributed by atoms with Crippen molar-refractivity contribution in [2.75, 3.05) is 6.54 Å². The number of fused-ring (bicyclic) bond motifs is 1. The van der Waals surface area contributed by atoms with E-state index in [0.717, 1.165) is 4.90 Å². The minimum Gasteiger partial charge on any atom is -0.341 e. The molecule has 1 aliphatic heterocycles. The van der Waals surface area contributed by atoms with Crippen LogP contribution in [0.15, 0.2) is 12.1 Å². The van der Waals surface area contributed by atoms with E-state index in [0.29, 0.717) is 0 Å². The largest absolute Gasteiger partial charge is 0.341 e. The van der Waals surface area contributed by atoms with Crippen molar-refractivity contribution in [3.63, 3.8) is 0 Å². The van der Waals surface area contributed by atoms with Gasteiger partial charge in [0.2, 0.25) is 5.91 Å². The van der Waals surface area contributed by atoms with E-state index in [2.05, 4.69) is 11.2 Å². The fourth-order valence-electron chi connectivity index (χ4n) is 2.19. The van der Waals surface area contributed by atoms with Crippen molar-refractivity contribution in [2.24, 2.45) is 5.92 Å². The van der Waals surface area contributed by atoms with Crippen LogP contribution < -0.4 is 5.32 Å². The molecule has 0 aliphatic carbocycles. The number of nitrogens with zero attached hydrogens (tertiary/aromatic N) is 1. The second-order valence-electron chi connectivity index (χ2n) is 5.46. The van der Waals surface area contributed by atoms with Crippen molar-refractivity contribution in [3.05, 3.63) is 33.3 Å². The first kappa shape index (κ1) is 17.3. The molecule has 23 heavy (non-hydrogen) atoms. The van der Waals surface area contributed by atoms with E-state index in [4.69, 9.17) is 29.6 Å². The van der Waals surface area contributed by atoms with Crippen LogP contribution in [0.2, 0.25) is 10.0 Å². The van der Waals surface area contributed by atoms with E-state index in [-0.39, 0.29) is 27.1 Å². The highest BCUT2D eigenvalue weighted by atomic mass is 35.5. The number of hydrogen-bond donors (Lipinski definition) is 1. The topological polar surface area (TPSA) is 66.5 Å². The predicted molar refractivity (Wildman–Crippen MR) is 87.4 cm³/mol. The highest BCUT2D eigenvalue weighted by Gasteiger charge is 2.37. The van der Waals surface area contributed by atoms with Gasteiger partial charge in [-0.15, -0.1) is 6.42 Å². The SMILES string of the molecule is C#CC(NC(=O)CN1C(=O)c2cc(Cl)c(Cl)cc2C1=O)C(C)C. The maximum atomic E-state index is 12.3. The smallest absolute Gasteiger partial charge is 0.262 e. The Kier molecular flexibility index (Phi) is 4.98. The van der Waals surface area contributed by atoms with Crippen LogP contribution in [-0.4, -0.2) is 35.2 Å². The molecule has 2 rings (SSSR count). The number of rotatable bonds is 4. The molecule has 0 spiro atoms. The summed E-state index contributed by atoms with van der Waals surface area (Å²) in [5.41, 5.74) is 0.268. The van der Waals surface area contributed by atoms with Gasteiger partial charge in [-0.25, -0.2) is 0 Å². The van der Waals surface area contributed by atoms with Crippen LogP contribution in [0.1, 0.15) is 34.6 Å². The number of carbonyl (C=O) groups excluding carboxylic acids is 3. The molecule has 1 N–H and O–H groups in total. The normalized spacial score (nSPS) is 14.7. The summed E-state index contributed by atoms with van der Waals surface area (Å²) in [7, 11) is 0. The molecule has 1 aromatic carbocycles. The first-order valence-corrected chi connectivity index (χ1v) is 7.62. The van der Waals surface area contributed by atoms with Crippen molar-refractivity contribution in [1.29, 1.82) is 0 Å². The molecule has 1 atom stereocenters. The molecular weight excluding hydrogens is 339 g/mol. The van der Waals surface area contributed by atoms with Gasteiger partial charge in [0.05, 0.1) is 27.2 Å². The number of carbonyl (C=O) groups is 3. The summed E-state index contributed by atoms with van der Waals surface area (Å²) in [4.78, 5) is 37.4. The van der Waals surface area contributed by atoms with Gasteiger partial charge in [-0.05, 0) is 18.1 Å². The second kappa shape index (κ2) is 6.61. The van der Waals surface area contributed by atoms with Gasteiger partial charge >= 0.3 is 0 Å². The van der Waals surface area contributed by atoms with Gasteiger partial charge in [0.1, 0.15) is 6.54 Å². The lowest BCUT2D eigenvalue weighted by Crippen LogP contribution is -2.45. The van der Waals surface area contributed by atoms with Crippen LogP contribution >= 0.6 is 23.2 Å². The first-order chi connectivity index (χ1) is 10.8. The van der Waals surface area contributed by atoms with Gasteiger partial charge in [0.25, 0.3) is 11.8 Å². The van der Waals surface area contributed by atoms with Crippen LogP contribution in [0.3, 0.4) is 0 Å². The maximum absolute atomic E-state index is 12.3. The average molecular weight is 353 g/mol. The minimum atomic E-state index is -0.583. The zero-order chi connectivity index (χ0) is 17.3. The van der Waals surface area contributed by atoms with E-state index in [1.54, 1.807) is 0 Å². The van der Waals surface area contributed by atoms with E-state index < -0.39 is 30.3 Å². The Morgan fingerprint density at radius 1 is 1.22 bits per heavy atom. The van der Waals surface area contributed by atoms with Gasteiger partial charge in [0.15, 0.2) is 0 Å². The first-order valence-electron chi connectivity index (χ1n) is 6.87. The number of halogens is 2. The molecule has 7 heteroatoms. The summed E-state index contributed by atoms with van der Waals surface area (Å²) >= 11 is 11.7. The van der Waals surface area contributed by atoms with Crippen molar-refractivity contribution < 1.29 is 14.4 Å². The van der Waals surface area contributed by atoms with Crippen LogP contribution in [-0.2, 0) is 4.79 Å². The molecule has 5 nitrogen and oxygen atoms in total. The van der Waals surface area contributed by atoms with Crippen molar-refractivity contribution in [2.45, 2.75) is 19.9 Å². The zero-order valence-corrected chi connectivity index (χ0v) is 14.0. The molecule has 1 aromatic rings. The number of hydrogen-bond acceptors (Lipinski definition) is 3. The Labute approximate surface area is 143 Å². The molecule has 1 unspecified atom stereocenters. The Bertz CT molecular complexity index is 697. The quantitative estimate of drug-likeness (QED) is 0.668. The number of nitrogens with one attached hydrogen (secondary N) is 1. The van der Waals surface area contributed by atoms with Crippen LogP contribution in [0.4, 0.5) is 0 Å². The van der Waals surface area contributed by atoms with Crippen LogP contribution in [0.5, 0.6) is 0 Å².